The van der Waals surface area contributed by atoms with E-state index in [1.54, 1.807) is 0 Å². The molecule has 0 spiro atoms. The lowest BCUT2D eigenvalue weighted by Gasteiger charge is -2.09. The van der Waals surface area contributed by atoms with Crippen molar-refractivity contribution in [2.45, 2.75) is 39.0 Å². The number of phenolic OH excluding ortho intramolecular Hbond substituents is 1. The first-order valence-electron chi connectivity index (χ1n) is 6.35. The number of nitrogens with zero attached hydrogens (tertiary/aromatic N) is 1. The van der Waals surface area contributed by atoms with Crippen LogP contribution in [0.5, 0.6) is 11.5 Å². The molecule has 0 heterocycles. The van der Waals surface area contributed by atoms with Gasteiger partial charge in [-0.05, 0) is 18.9 Å². The fourth-order valence-corrected chi connectivity index (χ4v) is 2.05. The molecule has 3 N–H and O–H groups in total. The van der Waals surface area contributed by atoms with E-state index >= 15 is 0 Å². The first kappa shape index (κ1) is 15.7. The molecule has 0 fully saturated rings. The summed E-state index contributed by atoms with van der Waals surface area (Å²) in [5.74, 6) is -3.26. The molecule has 0 aliphatic carbocycles. The highest BCUT2D eigenvalue weighted by Gasteiger charge is 2.30. The van der Waals surface area contributed by atoms with Gasteiger partial charge in [0.05, 0.1) is 4.92 Å². The maximum atomic E-state index is 11.1. The van der Waals surface area contributed by atoms with E-state index in [1.807, 2.05) is 6.92 Å². The number of benzene rings is 1. The van der Waals surface area contributed by atoms with Gasteiger partial charge in [0.25, 0.3) is 5.69 Å². The maximum Gasteiger partial charge on any atom is 0.346 e. The number of hydrogen-bond donors (Lipinski definition) is 3. The van der Waals surface area contributed by atoms with Crippen LogP contribution < -0.4 is 0 Å². The second kappa shape index (κ2) is 6.74. The van der Waals surface area contributed by atoms with Gasteiger partial charge in [0.1, 0.15) is 0 Å². The molecule has 0 unspecified atom stereocenters. The lowest BCUT2D eigenvalue weighted by molar-refractivity contribution is -0.386. The molecular formula is C13H17NO6. The van der Waals surface area contributed by atoms with Crippen LogP contribution in [0.1, 0.15) is 48.5 Å². The van der Waals surface area contributed by atoms with Gasteiger partial charge in [0, 0.05) is 5.56 Å². The molecule has 0 aromatic heterocycles. The predicted octanol–water partition coefficient (Wildman–Crippen LogP) is 2.83. The Kier molecular flexibility index (Phi) is 5.31. The minimum atomic E-state index is -1.64. The quantitative estimate of drug-likeness (QED) is 0.306. The Morgan fingerprint density at radius 2 is 1.95 bits per heavy atom. The van der Waals surface area contributed by atoms with E-state index in [0.717, 1.165) is 25.3 Å². The summed E-state index contributed by atoms with van der Waals surface area (Å²) in [5, 5.41) is 39.0. The topological polar surface area (TPSA) is 121 Å². The third-order valence-electron chi connectivity index (χ3n) is 3.03. The zero-order chi connectivity index (χ0) is 15.3. The van der Waals surface area contributed by atoms with Crippen LogP contribution in [0.4, 0.5) is 5.69 Å². The molecule has 7 heteroatoms. The molecule has 7 nitrogen and oxygen atoms in total. The molecule has 20 heavy (non-hydrogen) atoms. The fraction of sp³-hybridized carbons (Fsp3) is 0.462. The number of aryl methyl sites for hydroxylation is 1. The number of unbranched alkanes of at least 4 members (excludes halogenated alkanes) is 3. The number of nitro benzene ring substituents is 1. The van der Waals surface area contributed by atoms with Gasteiger partial charge in [-0.3, -0.25) is 10.1 Å². The third kappa shape index (κ3) is 3.37. The lowest BCUT2D eigenvalue weighted by atomic mass is 9.99. The van der Waals surface area contributed by atoms with Gasteiger partial charge in [-0.25, -0.2) is 4.79 Å². The molecule has 0 atom stereocenters. The molecule has 110 valence electrons. The van der Waals surface area contributed by atoms with Crippen LogP contribution in [0.2, 0.25) is 0 Å². The van der Waals surface area contributed by atoms with Crippen molar-refractivity contribution in [1.29, 1.82) is 0 Å². The van der Waals surface area contributed by atoms with Crippen LogP contribution in [-0.2, 0) is 6.42 Å². The summed E-state index contributed by atoms with van der Waals surface area (Å²) in [7, 11) is 0. The highest BCUT2D eigenvalue weighted by molar-refractivity contribution is 5.97. The molecule has 0 bridgehead atoms. The molecule has 0 aliphatic rings. The minimum Gasteiger partial charge on any atom is -0.504 e. The molecule has 0 saturated carbocycles. The van der Waals surface area contributed by atoms with Gasteiger partial charge in [-0.2, -0.15) is 0 Å². The molecule has 0 radical (unpaired) electrons. The molecule has 0 saturated heterocycles. The first-order valence-corrected chi connectivity index (χ1v) is 6.35. The summed E-state index contributed by atoms with van der Waals surface area (Å²) in [6, 6.07) is 1.06. The molecular weight excluding hydrogens is 266 g/mol. The van der Waals surface area contributed by atoms with E-state index < -0.39 is 33.6 Å². The number of aromatic carboxylic acids is 1. The number of nitro groups is 1. The Morgan fingerprint density at radius 1 is 1.30 bits per heavy atom. The van der Waals surface area contributed by atoms with Crippen molar-refractivity contribution in [1.82, 2.24) is 0 Å². The summed E-state index contributed by atoms with van der Waals surface area (Å²) in [4.78, 5) is 21.3. The number of carbonyl (C=O) groups is 1. The molecule has 1 aromatic rings. The largest absolute Gasteiger partial charge is 0.504 e. The zero-order valence-electron chi connectivity index (χ0n) is 11.1. The number of phenols is 2. The van der Waals surface area contributed by atoms with Crippen LogP contribution in [0.25, 0.3) is 0 Å². The number of hydrogen-bond acceptors (Lipinski definition) is 5. The second-order valence-corrected chi connectivity index (χ2v) is 4.50. The summed E-state index contributed by atoms with van der Waals surface area (Å²) in [6.45, 7) is 2.03. The Balaban J connectivity index is 3.22. The Labute approximate surface area is 115 Å². The summed E-state index contributed by atoms with van der Waals surface area (Å²) in [6.07, 6.45) is 3.77. The second-order valence-electron chi connectivity index (χ2n) is 4.50. The van der Waals surface area contributed by atoms with Crippen molar-refractivity contribution in [3.63, 3.8) is 0 Å². The van der Waals surface area contributed by atoms with E-state index in [4.69, 9.17) is 5.11 Å². The minimum absolute atomic E-state index is 0.124. The summed E-state index contributed by atoms with van der Waals surface area (Å²) in [5.41, 5.74) is -1.39. The highest BCUT2D eigenvalue weighted by Crippen LogP contribution is 2.39. The van der Waals surface area contributed by atoms with Crippen molar-refractivity contribution in [3.05, 3.63) is 27.3 Å². The standard InChI is InChI=1S/C13H17NO6/c1-2-3-4-5-6-8-7-9(15)12(16)10(13(17)18)11(8)14(19)20/h7,15-16H,2-6H2,1H3,(H,17,18). The highest BCUT2D eigenvalue weighted by atomic mass is 16.6. The maximum absolute atomic E-state index is 11.1. The van der Waals surface area contributed by atoms with Gasteiger partial charge in [-0.15, -0.1) is 0 Å². The molecule has 1 rings (SSSR count). The Bertz CT molecular complexity index is 526. The third-order valence-corrected chi connectivity index (χ3v) is 3.03. The van der Waals surface area contributed by atoms with Crippen molar-refractivity contribution in [3.8, 4) is 11.5 Å². The van der Waals surface area contributed by atoms with Gasteiger partial charge >= 0.3 is 5.97 Å². The fourth-order valence-electron chi connectivity index (χ4n) is 2.05. The van der Waals surface area contributed by atoms with Crippen LogP contribution >= 0.6 is 0 Å². The monoisotopic (exact) mass is 283 g/mol. The normalized spacial score (nSPS) is 10.4. The van der Waals surface area contributed by atoms with Gasteiger partial charge < -0.3 is 15.3 Å². The van der Waals surface area contributed by atoms with Crippen LogP contribution in [0.15, 0.2) is 6.07 Å². The van der Waals surface area contributed by atoms with Gasteiger partial charge in [0.15, 0.2) is 17.1 Å². The lowest BCUT2D eigenvalue weighted by Crippen LogP contribution is -2.07. The summed E-state index contributed by atoms with van der Waals surface area (Å²) < 4.78 is 0. The van der Waals surface area contributed by atoms with Crippen LogP contribution in [0, 0.1) is 10.1 Å². The first-order chi connectivity index (χ1) is 9.40. The molecule has 0 amide bonds. The zero-order valence-corrected chi connectivity index (χ0v) is 11.1. The van der Waals surface area contributed by atoms with Crippen molar-refractivity contribution in [2.24, 2.45) is 0 Å². The molecule has 0 aliphatic heterocycles. The summed E-state index contributed by atoms with van der Waals surface area (Å²) >= 11 is 0. The number of carboxylic acids is 1. The number of carboxylic acid groups (broad SMARTS) is 1. The van der Waals surface area contributed by atoms with E-state index in [-0.39, 0.29) is 12.0 Å². The van der Waals surface area contributed by atoms with E-state index in [9.17, 15) is 25.1 Å². The van der Waals surface area contributed by atoms with Gasteiger partial charge in [-0.1, -0.05) is 26.2 Å². The average Bonchev–Trinajstić information content (AvgIpc) is 2.37. The molecule has 1 aromatic carbocycles. The van der Waals surface area contributed by atoms with E-state index in [1.165, 1.54) is 0 Å². The van der Waals surface area contributed by atoms with Crippen molar-refractivity contribution < 1.29 is 25.0 Å². The Hall–Kier alpha value is -2.31. The number of aromatic hydroxyl groups is 2. The number of rotatable bonds is 7. The van der Waals surface area contributed by atoms with Crippen molar-refractivity contribution >= 4 is 11.7 Å². The Morgan fingerprint density at radius 3 is 2.45 bits per heavy atom. The van der Waals surface area contributed by atoms with E-state index in [2.05, 4.69) is 0 Å². The smallest absolute Gasteiger partial charge is 0.346 e. The SMILES string of the molecule is CCCCCCc1cc(O)c(O)c(C(=O)O)c1[N+](=O)[O-]. The van der Waals surface area contributed by atoms with Crippen LogP contribution in [-0.4, -0.2) is 26.2 Å². The van der Waals surface area contributed by atoms with Crippen molar-refractivity contribution in [2.75, 3.05) is 0 Å². The van der Waals surface area contributed by atoms with Gasteiger partial charge in [0.2, 0.25) is 0 Å². The predicted molar refractivity (Wildman–Crippen MR) is 71.2 cm³/mol. The average molecular weight is 283 g/mol. The van der Waals surface area contributed by atoms with Crippen LogP contribution in [0.3, 0.4) is 0 Å². The van der Waals surface area contributed by atoms with E-state index in [0.29, 0.717) is 6.42 Å².